The quantitative estimate of drug-likeness (QED) is 0.877. The van der Waals surface area contributed by atoms with Crippen molar-refractivity contribution < 1.29 is 0 Å². The van der Waals surface area contributed by atoms with Gasteiger partial charge in [-0.25, -0.2) is 4.98 Å². The fourth-order valence-corrected chi connectivity index (χ4v) is 2.33. The molecule has 0 unspecified atom stereocenters. The van der Waals surface area contributed by atoms with E-state index in [-0.39, 0.29) is 0 Å². The first-order chi connectivity index (χ1) is 7.56. The van der Waals surface area contributed by atoms with Crippen molar-refractivity contribution in [2.75, 3.05) is 18.0 Å². The summed E-state index contributed by atoms with van der Waals surface area (Å²) >= 11 is 6.17. The van der Waals surface area contributed by atoms with Crippen LogP contribution in [0.3, 0.4) is 0 Å². The highest BCUT2D eigenvalue weighted by atomic mass is 35.5. The maximum atomic E-state index is 6.17. The highest BCUT2D eigenvalue weighted by Crippen LogP contribution is 2.27. The first-order valence-corrected chi connectivity index (χ1v) is 6.07. The zero-order valence-corrected chi connectivity index (χ0v) is 10.8. The number of halogens is 1. The van der Waals surface area contributed by atoms with Crippen molar-refractivity contribution in [1.82, 2.24) is 10.3 Å². The summed E-state index contributed by atoms with van der Waals surface area (Å²) in [5.74, 6) is 0.911. The summed E-state index contributed by atoms with van der Waals surface area (Å²) in [6, 6.07) is 3.07. The van der Waals surface area contributed by atoms with Crippen LogP contribution >= 0.6 is 11.6 Å². The van der Waals surface area contributed by atoms with Gasteiger partial charge in [0.25, 0.3) is 0 Å². The molecule has 4 heteroatoms. The van der Waals surface area contributed by atoms with Crippen LogP contribution in [0, 0.1) is 6.92 Å². The molecule has 88 valence electrons. The fourth-order valence-electron chi connectivity index (χ4n) is 1.99. The van der Waals surface area contributed by atoms with Gasteiger partial charge >= 0.3 is 0 Å². The van der Waals surface area contributed by atoms with Crippen LogP contribution in [0.4, 0.5) is 5.82 Å². The first kappa shape index (κ1) is 11.7. The van der Waals surface area contributed by atoms with Crippen molar-refractivity contribution >= 4 is 17.4 Å². The Morgan fingerprint density at radius 3 is 2.75 bits per heavy atom. The number of aryl methyl sites for hydroxylation is 1. The summed E-state index contributed by atoms with van der Waals surface area (Å²) < 4.78 is 0. The first-order valence-electron chi connectivity index (χ1n) is 5.69. The Bertz CT molecular complexity index is 373. The molecule has 3 nitrogen and oxygen atoms in total. The Kier molecular flexibility index (Phi) is 3.36. The monoisotopic (exact) mass is 239 g/mol. The van der Waals surface area contributed by atoms with Crippen LogP contribution in [0.2, 0.25) is 5.02 Å². The second-order valence-electron chi connectivity index (χ2n) is 4.74. The Labute approximate surface area is 102 Å². The van der Waals surface area contributed by atoms with Crippen LogP contribution in [0.25, 0.3) is 0 Å². The predicted molar refractivity (Wildman–Crippen MR) is 68.3 cm³/mol. The number of aromatic nitrogens is 1. The molecule has 0 saturated carbocycles. The molecule has 0 aromatic carbocycles. The standard InChI is InChI=1S/C12H18ClN3/c1-8(2)15-10-6-16(7-10)12-11(13)4-9(3)5-14-12/h4-5,8,10,15H,6-7H2,1-3H3. The van der Waals surface area contributed by atoms with Crippen LogP contribution in [-0.2, 0) is 0 Å². The average molecular weight is 240 g/mol. The smallest absolute Gasteiger partial charge is 0.147 e. The number of rotatable bonds is 3. The summed E-state index contributed by atoms with van der Waals surface area (Å²) in [6.45, 7) is 8.32. The lowest BCUT2D eigenvalue weighted by atomic mass is 10.1. The second kappa shape index (κ2) is 4.60. The van der Waals surface area contributed by atoms with Gasteiger partial charge in [-0.3, -0.25) is 0 Å². The lowest BCUT2D eigenvalue weighted by Crippen LogP contribution is -2.59. The number of pyridine rings is 1. The third kappa shape index (κ3) is 2.47. The van der Waals surface area contributed by atoms with Crippen molar-refractivity contribution in [1.29, 1.82) is 0 Å². The van der Waals surface area contributed by atoms with Crippen LogP contribution in [0.15, 0.2) is 12.3 Å². The van der Waals surface area contributed by atoms with Crippen LogP contribution in [0.5, 0.6) is 0 Å². The van der Waals surface area contributed by atoms with Gasteiger partial charge < -0.3 is 10.2 Å². The maximum absolute atomic E-state index is 6.17. The Hall–Kier alpha value is -0.800. The SMILES string of the molecule is Cc1cnc(N2CC(NC(C)C)C2)c(Cl)c1. The number of hydrogen-bond donors (Lipinski definition) is 1. The normalized spacial score (nSPS) is 16.7. The molecule has 1 saturated heterocycles. The molecule has 0 bridgehead atoms. The summed E-state index contributed by atoms with van der Waals surface area (Å²) in [4.78, 5) is 6.59. The van der Waals surface area contributed by atoms with E-state index < -0.39 is 0 Å². The van der Waals surface area contributed by atoms with E-state index >= 15 is 0 Å². The summed E-state index contributed by atoms with van der Waals surface area (Å²) in [7, 11) is 0. The molecule has 0 radical (unpaired) electrons. The van der Waals surface area contributed by atoms with Gasteiger partial charge in [0.05, 0.1) is 5.02 Å². The molecule has 1 fully saturated rings. The van der Waals surface area contributed by atoms with Gasteiger partial charge in [0.1, 0.15) is 5.82 Å². The van der Waals surface area contributed by atoms with E-state index in [1.807, 2.05) is 19.2 Å². The maximum Gasteiger partial charge on any atom is 0.147 e. The second-order valence-corrected chi connectivity index (χ2v) is 5.15. The zero-order valence-electron chi connectivity index (χ0n) is 10.00. The van der Waals surface area contributed by atoms with E-state index in [0.29, 0.717) is 12.1 Å². The lowest BCUT2D eigenvalue weighted by molar-refractivity contribution is 0.387. The van der Waals surface area contributed by atoms with Gasteiger partial charge in [-0.1, -0.05) is 25.4 Å². The number of hydrogen-bond acceptors (Lipinski definition) is 3. The molecule has 1 N–H and O–H groups in total. The van der Waals surface area contributed by atoms with Gasteiger partial charge in [0.2, 0.25) is 0 Å². The molecule has 2 rings (SSSR count). The minimum atomic E-state index is 0.536. The van der Waals surface area contributed by atoms with E-state index in [4.69, 9.17) is 11.6 Å². The van der Waals surface area contributed by atoms with Gasteiger partial charge in [0, 0.05) is 31.4 Å². The van der Waals surface area contributed by atoms with Gasteiger partial charge in [-0.05, 0) is 18.6 Å². The lowest BCUT2D eigenvalue weighted by Gasteiger charge is -2.41. The number of anilines is 1. The molecular formula is C12H18ClN3. The fraction of sp³-hybridized carbons (Fsp3) is 0.583. The van der Waals surface area contributed by atoms with E-state index in [1.165, 1.54) is 0 Å². The van der Waals surface area contributed by atoms with Crippen LogP contribution in [-0.4, -0.2) is 30.2 Å². The van der Waals surface area contributed by atoms with Crippen molar-refractivity contribution in [2.45, 2.75) is 32.9 Å². The molecule has 1 aromatic heterocycles. The summed E-state index contributed by atoms with van der Waals surface area (Å²) in [6.07, 6.45) is 1.87. The summed E-state index contributed by atoms with van der Waals surface area (Å²) in [5.41, 5.74) is 1.10. The van der Waals surface area contributed by atoms with Crippen molar-refractivity contribution in [3.63, 3.8) is 0 Å². The third-order valence-corrected chi connectivity index (χ3v) is 2.99. The van der Waals surface area contributed by atoms with Crippen LogP contribution < -0.4 is 10.2 Å². The zero-order chi connectivity index (χ0) is 11.7. The molecule has 1 aromatic rings. The molecule has 2 heterocycles. The molecule has 16 heavy (non-hydrogen) atoms. The van der Waals surface area contributed by atoms with Gasteiger partial charge in [-0.15, -0.1) is 0 Å². The molecule has 1 aliphatic heterocycles. The molecular weight excluding hydrogens is 222 g/mol. The highest BCUT2D eigenvalue weighted by molar-refractivity contribution is 6.33. The predicted octanol–water partition coefficient (Wildman–Crippen LogP) is 2.23. The topological polar surface area (TPSA) is 28.2 Å². The van der Waals surface area contributed by atoms with Gasteiger partial charge in [0.15, 0.2) is 0 Å². The molecule has 1 aliphatic rings. The number of nitrogens with one attached hydrogen (secondary N) is 1. The number of nitrogens with zero attached hydrogens (tertiary/aromatic N) is 2. The van der Waals surface area contributed by atoms with E-state index in [0.717, 1.165) is 29.5 Å². The molecule has 0 aliphatic carbocycles. The molecule has 0 spiro atoms. The minimum Gasteiger partial charge on any atom is -0.352 e. The Morgan fingerprint density at radius 1 is 1.50 bits per heavy atom. The highest BCUT2D eigenvalue weighted by Gasteiger charge is 2.29. The van der Waals surface area contributed by atoms with E-state index in [9.17, 15) is 0 Å². The van der Waals surface area contributed by atoms with Crippen molar-refractivity contribution in [3.05, 3.63) is 22.8 Å². The van der Waals surface area contributed by atoms with Crippen molar-refractivity contribution in [3.8, 4) is 0 Å². The average Bonchev–Trinajstić information content (AvgIpc) is 2.11. The van der Waals surface area contributed by atoms with E-state index in [1.54, 1.807) is 0 Å². The third-order valence-electron chi connectivity index (χ3n) is 2.71. The Balaban J connectivity index is 1.96. The van der Waals surface area contributed by atoms with Gasteiger partial charge in [-0.2, -0.15) is 0 Å². The Morgan fingerprint density at radius 2 is 2.19 bits per heavy atom. The summed E-state index contributed by atoms with van der Waals surface area (Å²) in [5, 5.41) is 4.25. The van der Waals surface area contributed by atoms with E-state index in [2.05, 4.69) is 29.0 Å². The van der Waals surface area contributed by atoms with Crippen molar-refractivity contribution in [2.24, 2.45) is 0 Å². The molecule has 0 amide bonds. The molecule has 0 atom stereocenters. The van der Waals surface area contributed by atoms with Crippen LogP contribution in [0.1, 0.15) is 19.4 Å². The largest absolute Gasteiger partial charge is 0.352 e. The minimum absolute atomic E-state index is 0.536.